The lowest BCUT2D eigenvalue weighted by Gasteiger charge is -2.37. The van der Waals surface area contributed by atoms with Crippen molar-refractivity contribution in [3.8, 4) is 11.5 Å². The standard InChI is InChI=1S/C29H34N4O7S/c1-4-40-29(35)24(14-18-7-9-19(10-8-18)27(30)31)33-13-5-6-23(28(33)34)32-41(36,37)22-12-11-20-16-25(38-2)26(39-3)17-21(20)15-22/h7-12,15-17,23-24,32H,4-6,13-14H2,1-3H3,(H3,30,31). The van der Waals surface area contributed by atoms with Gasteiger partial charge in [-0.2, -0.15) is 4.72 Å². The fourth-order valence-corrected chi connectivity index (χ4v) is 6.16. The minimum absolute atomic E-state index is 0.00496. The van der Waals surface area contributed by atoms with Gasteiger partial charge in [-0.1, -0.05) is 30.3 Å². The third-order valence-electron chi connectivity index (χ3n) is 7.02. The lowest BCUT2D eigenvalue weighted by molar-refractivity contribution is -0.156. The van der Waals surface area contributed by atoms with Gasteiger partial charge in [0.2, 0.25) is 15.9 Å². The smallest absolute Gasteiger partial charge is 0.329 e. The summed E-state index contributed by atoms with van der Waals surface area (Å²) in [6, 6.07) is 12.9. The minimum atomic E-state index is -4.09. The second-order valence-corrected chi connectivity index (χ2v) is 11.4. The lowest BCUT2D eigenvalue weighted by atomic mass is 9.98. The highest BCUT2D eigenvalue weighted by Gasteiger charge is 2.39. The number of carbonyl (C=O) groups excluding carboxylic acids is 2. The first kappa shape index (κ1) is 29.8. The van der Waals surface area contributed by atoms with Crippen LogP contribution in [0.5, 0.6) is 11.5 Å². The molecule has 0 spiro atoms. The van der Waals surface area contributed by atoms with Crippen LogP contribution in [0, 0.1) is 5.41 Å². The number of fused-ring (bicyclic) bond motifs is 1. The van der Waals surface area contributed by atoms with E-state index in [2.05, 4.69) is 4.72 Å². The lowest BCUT2D eigenvalue weighted by Crippen LogP contribution is -2.57. The molecule has 1 aliphatic heterocycles. The second-order valence-electron chi connectivity index (χ2n) is 9.65. The number of piperidine rings is 1. The van der Waals surface area contributed by atoms with Gasteiger partial charge >= 0.3 is 5.97 Å². The number of nitrogen functional groups attached to an aromatic ring is 1. The molecule has 3 aromatic rings. The fourth-order valence-electron chi connectivity index (χ4n) is 4.90. The van der Waals surface area contributed by atoms with Gasteiger partial charge in [0.05, 0.1) is 25.7 Å². The minimum Gasteiger partial charge on any atom is -0.493 e. The van der Waals surface area contributed by atoms with Crippen molar-refractivity contribution < 1.29 is 32.2 Å². The van der Waals surface area contributed by atoms with E-state index in [0.717, 1.165) is 10.9 Å². The number of methoxy groups -OCH3 is 2. The number of sulfonamides is 1. The number of rotatable bonds is 11. The average molecular weight is 583 g/mol. The molecule has 1 saturated heterocycles. The van der Waals surface area contributed by atoms with E-state index in [1.165, 1.54) is 31.3 Å². The van der Waals surface area contributed by atoms with Crippen LogP contribution in [0.15, 0.2) is 59.5 Å². The number of carbonyl (C=O) groups is 2. The van der Waals surface area contributed by atoms with Crippen molar-refractivity contribution >= 4 is 38.5 Å². The molecule has 0 saturated carbocycles. The Balaban J connectivity index is 1.57. The Hall–Kier alpha value is -4.16. The summed E-state index contributed by atoms with van der Waals surface area (Å²) in [5.74, 6) is -0.163. The normalized spacial score (nSPS) is 16.3. The molecule has 2 unspecified atom stereocenters. The maximum absolute atomic E-state index is 13.6. The van der Waals surface area contributed by atoms with Crippen molar-refractivity contribution in [3.05, 3.63) is 65.7 Å². The van der Waals surface area contributed by atoms with Gasteiger partial charge in [-0.05, 0) is 60.4 Å². The molecule has 1 fully saturated rings. The number of ether oxygens (including phenoxy) is 3. The van der Waals surface area contributed by atoms with Gasteiger partial charge in [0.15, 0.2) is 11.5 Å². The molecule has 3 aromatic carbocycles. The Morgan fingerprint density at radius 2 is 1.73 bits per heavy atom. The maximum Gasteiger partial charge on any atom is 0.329 e. The number of hydrogen-bond acceptors (Lipinski definition) is 8. The van der Waals surface area contributed by atoms with E-state index < -0.39 is 34.0 Å². The van der Waals surface area contributed by atoms with Gasteiger partial charge in [-0.3, -0.25) is 10.2 Å². The number of esters is 1. The molecule has 11 nitrogen and oxygen atoms in total. The Morgan fingerprint density at radius 3 is 2.34 bits per heavy atom. The molecule has 1 aliphatic rings. The van der Waals surface area contributed by atoms with Crippen molar-refractivity contribution in [2.24, 2.45) is 5.73 Å². The number of nitrogens with zero attached hydrogens (tertiary/aromatic N) is 1. The van der Waals surface area contributed by atoms with Gasteiger partial charge in [0.25, 0.3) is 0 Å². The number of likely N-dealkylation sites (tertiary alicyclic amines) is 1. The number of amidine groups is 1. The third-order valence-corrected chi connectivity index (χ3v) is 8.49. The summed E-state index contributed by atoms with van der Waals surface area (Å²) in [6.45, 7) is 2.10. The number of hydrogen-bond donors (Lipinski definition) is 3. The Kier molecular flexibility index (Phi) is 9.14. The first-order valence-corrected chi connectivity index (χ1v) is 14.6. The Morgan fingerprint density at radius 1 is 1.07 bits per heavy atom. The second kappa shape index (κ2) is 12.6. The van der Waals surface area contributed by atoms with Crippen LogP contribution in [0.1, 0.15) is 30.9 Å². The molecule has 2 atom stereocenters. The Bertz CT molecular complexity index is 1560. The quantitative estimate of drug-likeness (QED) is 0.177. The van der Waals surface area contributed by atoms with Gasteiger partial charge in [0.1, 0.15) is 17.9 Å². The SMILES string of the molecule is CCOC(=O)C(Cc1ccc(C(=N)N)cc1)N1CCCC(NS(=O)(=O)c2ccc3cc(OC)c(OC)cc3c2)C1=O. The zero-order chi connectivity index (χ0) is 29.7. The first-order chi connectivity index (χ1) is 19.6. The van der Waals surface area contributed by atoms with E-state index in [0.29, 0.717) is 28.9 Å². The predicted molar refractivity (Wildman–Crippen MR) is 154 cm³/mol. The molecule has 0 radical (unpaired) electrons. The van der Waals surface area contributed by atoms with Crippen LogP contribution < -0.4 is 19.9 Å². The molecule has 0 aromatic heterocycles. The van der Waals surface area contributed by atoms with Crippen LogP contribution in [0.2, 0.25) is 0 Å². The first-order valence-electron chi connectivity index (χ1n) is 13.2. The summed E-state index contributed by atoms with van der Waals surface area (Å²) in [4.78, 5) is 28.0. The van der Waals surface area contributed by atoms with E-state index >= 15 is 0 Å². The van der Waals surface area contributed by atoms with E-state index in [4.69, 9.17) is 25.4 Å². The molecular weight excluding hydrogens is 548 g/mol. The largest absolute Gasteiger partial charge is 0.493 e. The third kappa shape index (κ3) is 6.60. The molecule has 0 aliphatic carbocycles. The molecule has 0 bridgehead atoms. The molecule has 1 heterocycles. The number of benzene rings is 3. The summed E-state index contributed by atoms with van der Waals surface area (Å²) in [6.07, 6.45) is 0.945. The average Bonchev–Trinajstić information content (AvgIpc) is 2.96. The van der Waals surface area contributed by atoms with Crippen molar-refractivity contribution in [1.29, 1.82) is 5.41 Å². The molecule has 41 heavy (non-hydrogen) atoms. The van der Waals surface area contributed by atoms with Crippen LogP contribution in [0.25, 0.3) is 10.8 Å². The summed E-state index contributed by atoms with van der Waals surface area (Å²) < 4.78 is 45.3. The summed E-state index contributed by atoms with van der Waals surface area (Å²) in [7, 11) is -1.07. The van der Waals surface area contributed by atoms with Crippen molar-refractivity contribution in [3.63, 3.8) is 0 Å². The molecular formula is C29H34N4O7S. The van der Waals surface area contributed by atoms with Gasteiger partial charge < -0.3 is 24.8 Å². The predicted octanol–water partition coefficient (Wildman–Crippen LogP) is 2.58. The summed E-state index contributed by atoms with van der Waals surface area (Å²) in [5, 5.41) is 8.96. The van der Waals surface area contributed by atoms with Crippen LogP contribution in [0.4, 0.5) is 0 Å². The topological polar surface area (TPSA) is 161 Å². The monoisotopic (exact) mass is 582 g/mol. The van der Waals surface area contributed by atoms with Crippen LogP contribution in [-0.4, -0.2) is 70.5 Å². The van der Waals surface area contributed by atoms with Gasteiger partial charge in [0, 0.05) is 18.5 Å². The maximum atomic E-state index is 13.6. The van der Waals surface area contributed by atoms with E-state index in [1.807, 2.05) is 0 Å². The Labute approximate surface area is 239 Å². The summed E-state index contributed by atoms with van der Waals surface area (Å²) in [5.41, 5.74) is 6.82. The number of amides is 1. The fraction of sp³-hybridized carbons (Fsp3) is 0.345. The molecule has 4 N–H and O–H groups in total. The molecule has 12 heteroatoms. The van der Waals surface area contributed by atoms with E-state index in [1.54, 1.807) is 49.4 Å². The highest BCUT2D eigenvalue weighted by atomic mass is 32.2. The van der Waals surface area contributed by atoms with Crippen LogP contribution >= 0.6 is 0 Å². The van der Waals surface area contributed by atoms with E-state index in [-0.39, 0.29) is 36.7 Å². The molecule has 218 valence electrons. The molecule has 1 amide bonds. The van der Waals surface area contributed by atoms with Crippen molar-refractivity contribution in [2.45, 2.75) is 43.2 Å². The molecule has 4 rings (SSSR count). The zero-order valence-corrected chi connectivity index (χ0v) is 24.0. The van der Waals surface area contributed by atoms with Crippen molar-refractivity contribution in [2.75, 3.05) is 27.4 Å². The van der Waals surface area contributed by atoms with Gasteiger partial charge in [-0.25, -0.2) is 13.2 Å². The van der Waals surface area contributed by atoms with Gasteiger partial charge in [-0.15, -0.1) is 0 Å². The number of nitrogens with two attached hydrogens (primary N) is 1. The highest BCUT2D eigenvalue weighted by molar-refractivity contribution is 7.89. The highest BCUT2D eigenvalue weighted by Crippen LogP contribution is 2.33. The zero-order valence-electron chi connectivity index (χ0n) is 23.2. The van der Waals surface area contributed by atoms with Crippen LogP contribution in [-0.2, 0) is 30.8 Å². The summed E-state index contributed by atoms with van der Waals surface area (Å²) >= 11 is 0. The van der Waals surface area contributed by atoms with Crippen molar-refractivity contribution in [1.82, 2.24) is 9.62 Å². The van der Waals surface area contributed by atoms with Crippen LogP contribution in [0.3, 0.4) is 0 Å². The number of nitrogens with one attached hydrogen (secondary N) is 2. The van der Waals surface area contributed by atoms with E-state index in [9.17, 15) is 18.0 Å².